The van der Waals surface area contributed by atoms with Crippen molar-refractivity contribution in [3.63, 3.8) is 0 Å². The average molecular weight is 198 g/mol. The molecule has 1 heterocycles. The van der Waals surface area contributed by atoms with E-state index in [9.17, 15) is 0 Å². The van der Waals surface area contributed by atoms with E-state index in [1.165, 1.54) is 6.20 Å². The van der Waals surface area contributed by atoms with E-state index in [1.807, 2.05) is 6.07 Å². The lowest BCUT2D eigenvalue weighted by Crippen LogP contribution is -1.89. The topological polar surface area (TPSA) is 62.7 Å². The number of pyridine rings is 1. The molecule has 0 bridgehead atoms. The van der Waals surface area contributed by atoms with Crippen LogP contribution < -0.4 is 5.73 Å². The Hall–Kier alpha value is -1.08. The molecule has 0 fully saturated rings. The van der Waals surface area contributed by atoms with Crippen molar-refractivity contribution in [1.29, 1.82) is 5.26 Å². The number of nitriles is 1. The molecule has 10 heavy (non-hydrogen) atoms. The standard InChI is InChI=1S/C6H4BrN3/c7-5-1-4(2-8)10-3-6(5)9/h1,3H,9H2. The smallest absolute Gasteiger partial charge is 0.141 e. The van der Waals surface area contributed by atoms with E-state index in [4.69, 9.17) is 11.0 Å². The van der Waals surface area contributed by atoms with Crippen LogP contribution in [-0.4, -0.2) is 4.98 Å². The maximum absolute atomic E-state index is 8.38. The Morgan fingerprint density at radius 1 is 1.70 bits per heavy atom. The van der Waals surface area contributed by atoms with Gasteiger partial charge in [0.05, 0.1) is 11.9 Å². The van der Waals surface area contributed by atoms with Crippen molar-refractivity contribution in [3.05, 3.63) is 22.4 Å². The first kappa shape index (κ1) is 7.03. The molecular weight excluding hydrogens is 194 g/mol. The fraction of sp³-hybridized carbons (Fsp3) is 0. The lowest BCUT2D eigenvalue weighted by atomic mass is 10.3. The average Bonchev–Trinajstić information content (AvgIpc) is 1.95. The highest BCUT2D eigenvalue weighted by Crippen LogP contribution is 2.17. The van der Waals surface area contributed by atoms with Crippen LogP contribution >= 0.6 is 15.9 Å². The van der Waals surface area contributed by atoms with Gasteiger partial charge in [-0.25, -0.2) is 4.98 Å². The van der Waals surface area contributed by atoms with Crippen LogP contribution in [0.1, 0.15) is 5.69 Å². The number of nitrogens with two attached hydrogens (primary N) is 1. The Kier molecular flexibility index (Phi) is 1.88. The molecule has 0 aliphatic carbocycles. The summed E-state index contributed by atoms with van der Waals surface area (Å²) in [5, 5.41) is 8.38. The van der Waals surface area contributed by atoms with Gasteiger partial charge < -0.3 is 5.73 Å². The molecule has 2 N–H and O–H groups in total. The van der Waals surface area contributed by atoms with E-state index < -0.39 is 0 Å². The summed E-state index contributed by atoms with van der Waals surface area (Å²) in [6, 6.07) is 3.48. The largest absolute Gasteiger partial charge is 0.397 e. The van der Waals surface area contributed by atoms with Gasteiger partial charge in [-0.15, -0.1) is 0 Å². The molecule has 0 saturated heterocycles. The Bertz CT molecular complexity index is 290. The molecule has 0 saturated carbocycles. The third-order valence-corrected chi connectivity index (χ3v) is 1.68. The van der Waals surface area contributed by atoms with Crippen molar-refractivity contribution in [2.75, 3.05) is 5.73 Å². The highest BCUT2D eigenvalue weighted by atomic mass is 79.9. The molecule has 50 valence electrons. The van der Waals surface area contributed by atoms with Crippen LogP contribution in [0.3, 0.4) is 0 Å². The number of aromatic nitrogens is 1. The van der Waals surface area contributed by atoms with Gasteiger partial charge in [0.15, 0.2) is 0 Å². The first-order valence-corrected chi connectivity index (χ1v) is 3.34. The van der Waals surface area contributed by atoms with E-state index in [1.54, 1.807) is 6.07 Å². The van der Waals surface area contributed by atoms with E-state index in [2.05, 4.69) is 20.9 Å². The molecule has 1 rings (SSSR count). The zero-order chi connectivity index (χ0) is 7.56. The molecule has 0 unspecified atom stereocenters. The van der Waals surface area contributed by atoms with Gasteiger partial charge in [-0.05, 0) is 22.0 Å². The zero-order valence-electron chi connectivity index (χ0n) is 5.00. The second-order valence-corrected chi connectivity index (χ2v) is 2.56. The van der Waals surface area contributed by atoms with Gasteiger partial charge in [0, 0.05) is 4.47 Å². The van der Waals surface area contributed by atoms with E-state index in [0.29, 0.717) is 15.9 Å². The number of anilines is 1. The second kappa shape index (κ2) is 2.67. The minimum absolute atomic E-state index is 0.362. The van der Waals surface area contributed by atoms with Crippen LogP contribution in [-0.2, 0) is 0 Å². The molecule has 0 atom stereocenters. The van der Waals surface area contributed by atoms with Gasteiger partial charge >= 0.3 is 0 Å². The fourth-order valence-corrected chi connectivity index (χ4v) is 0.822. The predicted molar refractivity (Wildman–Crippen MR) is 41.1 cm³/mol. The van der Waals surface area contributed by atoms with Crippen molar-refractivity contribution < 1.29 is 0 Å². The molecule has 0 aliphatic heterocycles. The molecule has 4 heteroatoms. The normalized spacial score (nSPS) is 8.80. The third-order valence-electron chi connectivity index (χ3n) is 0.996. The highest BCUT2D eigenvalue weighted by molar-refractivity contribution is 9.10. The Labute approximate surface area is 66.6 Å². The molecule has 0 amide bonds. The minimum atomic E-state index is 0.362. The summed E-state index contributed by atoms with van der Waals surface area (Å²) in [5.41, 5.74) is 6.33. The summed E-state index contributed by atoms with van der Waals surface area (Å²) in [5.74, 6) is 0. The van der Waals surface area contributed by atoms with Crippen LogP contribution in [0.4, 0.5) is 5.69 Å². The van der Waals surface area contributed by atoms with Crippen LogP contribution in [0.15, 0.2) is 16.7 Å². The lowest BCUT2D eigenvalue weighted by Gasteiger charge is -1.94. The summed E-state index contributed by atoms with van der Waals surface area (Å²) < 4.78 is 0.707. The van der Waals surface area contributed by atoms with Crippen molar-refractivity contribution in [2.45, 2.75) is 0 Å². The van der Waals surface area contributed by atoms with Crippen molar-refractivity contribution in [3.8, 4) is 6.07 Å². The lowest BCUT2D eigenvalue weighted by molar-refractivity contribution is 1.26. The number of hydrogen-bond donors (Lipinski definition) is 1. The van der Waals surface area contributed by atoms with E-state index in [0.717, 1.165) is 0 Å². The Morgan fingerprint density at radius 2 is 2.40 bits per heavy atom. The van der Waals surface area contributed by atoms with Crippen LogP contribution in [0.5, 0.6) is 0 Å². The molecule has 0 aliphatic rings. The molecule has 1 aromatic rings. The van der Waals surface area contributed by atoms with Gasteiger partial charge in [0.25, 0.3) is 0 Å². The van der Waals surface area contributed by atoms with Gasteiger partial charge in [0.1, 0.15) is 11.8 Å². The van der Waals surface area contributed by atoms with Gasteiger partial charge in [-0.3, -0.25) is 0 Å². The van der Waals surface area contributed by atoms with Gasteiger partial charge in [-0.2, -0.15) is 5.26 Å². The van der Waals surface area contributed by atoms with Crippen LogP contribution in [0, 0.1) is 11.3 Å². The van der Waals surface area contributed by atoms with Crippen LogP contribution in [0.2, 0.25) is 0 Å². The second-order valence-electron chi connectivity index (χ2n) is 1.70. The number of halogens is 1. The molecule has 0 radical (unpaired) electrons. The molecular formula is C6H4BrN3. The van der Waals surface area contributed by atoms with E-state index in [-0.39, 0.29) is 0 Å². The maximum Gasteiger partial charge on any atom is 0.141 e. The summed E-state index contributed by atoms with van der Waals surface area (Å²) >= 11 is 3.17. The number of hydrogen-bond acceptors (Lipinski definition) is 3. The van der Waals surface area contributed by atoms with Gasteiger partial charge in [-0.1, -0.05) is 0 Å². The quantitative estimate of drug-likeness (QED) is 0.683. The maximum atomic E-state index is 8.38. The molecule has 0 spiro atoms. The summed E-state index contributed by atoms with van der Waals surface area (Å²) in [6.45, 7) is 0. The molecule has 0 aromatic carbocycles. The zero-order valence-corrected chi connectivity index (χ0v) is 6.59. The summed E-state index contributed by atoms with van der Waals surface area (Å²) in [4.78, 5) is 3.74. The predicted octanol–water partition coefficient (Wildman–Crippen LogP) is 1.30. The van der Waals surface area contributed by atoms with Crippen molar-refractivity contribution in [2.24, 2.45) is 0 Å². The first-order chi connectivity index (χ1) is 4.74. The van der Waals surface area contributed by atoms with Gasteiger partial charge in [0.2, 0.25) is 0 Å². The fourth-order valence-electron chi connectivity index (χ4n) is 0.503. The third kappa shape index (κ3) is 1.25. The SMILES string of the molecule is N#Cc1cc(Br)c(N)cn1. The highest BCUT2D eigenvalue weighted by Gasteiger charge is 1.96. The Balaban J connectivity index is 3.20. The Morgan fingerprint density at radius 3 is 2.90 bits per heavy atom. The minimum Gasteiger partial charge on any atom is -0.397 e. The van der Waals surface area contributed by atoms with E-state index >= 15 is 0 Å². The number of rotatable bonds is 0. The summed E-state index contributed by atoms with van der Waals surface area (Å²) in [7, 11) is 0. The molecule has 3 nitrogen and oxygen atoms in total. The molecule has 1 aromatic heterocycles. The van der Waals surface area contributed by atoms with Crippen molar-refractivity contribution in [1.82, 2.24) is 4.98 Å². The monoisotopic (exact) mass is 197 g/mol. The number of nitrogens with zero attached hydrogens (tertiary/aromatic N) is 2. The summed E-state index contributed by atoms with van der Waals surface area (Å²) in [6.07, 6.45) is 1.45. The van der Waals surface area contributed by atoms with Crippen LogP contribution in [0.25, 0.3) is 0 Å². The van der Waals surface area contributed by atoms with Crippen molar-refractivity contribution >= 4 is 21.6 Å². The number of nitrogen functional groups attached to an aromatic ring is 1. The first-order valence-electron chi connectivity index (χ1n) is 2.55.